The molecule has 0 aliphatic heterocycles. The first-order valence-electron chi connectivity index (χ1n) is 4.08. The predicted octanol–water partition coefficient (Wildman–Crippen LogP) is 3.99. The van der Waals surface area contributed by atoms with Crippen LogP contribution in [0, 0.1) is 6.92 Å². The maximum atomic E-state index is 12.0. The molecule has 77 valence electrons. The number of benzene rings is 1. The molecule has 1 aromatic carbocycles. The minimum atomic E-state index is -2.80. The fourth-order valence-electron chi connectivity index (χ4n) is 1.10. The van der Waals surface area contributed by atoms with Crippen LogP contribution in [0.5, 0.6) is 5.75 Å². The molecule has 0 aliphatic rings. The molecule has 1 radical (unpaired) electrons. The molecule has 1 atom stereocenters. The van der Waals surface area contributed by atoms with E-state index in [2.05, 4.69) is 27.6 Å². The van der Waals surface area contributed by atoms with Crippen molar-refractivity contribution < 1.29 is 13.5 Å². The van der Waals surface area contributed by atoms with E-state index in [0.717, 1.165) is 5.56 Å². The minimum absolute atomic E-state index is 0.0191. The zero-order chi connectivity index (χ0) is 10.7. The van der Waals surface area contributed by atoms with E-state index in [4.69, 9.17) is 0 Å². The van der Waals surface area contributed by atoms with Gasteiger partial charge >= 0.3 is 6.61 Å². The summed E-state index contributed by atoms with van der Waals surface area (Å²) in [4.78, 5) is 0. The summed E-state index contributed by atoms with van der Waals surface area (Å²) in [5, 5.41) is 0. The Bertz CT molecular complexity index is 313. The highest BCUT2D eigenvalue weighted by Gasteiger charge is 2.12. The Morgan fingerprint density at radius 3 is 2.57 bits per heavy atom. The first kappa shape index (κ1) is 11.4. The van der Waals surface area contributed by atoms with Gasteiger partial charge in [-0.15, -0.1) is 0 Å². The van der Waals surface area contributed by atoms with Crippen LogP contribution in [-0.4, -0.2) is 6.61 Å². The number of hydrogen-bond donors (Lipinski definition) is 0. The average molecular weight is 264 g/mol. The van der Waals surface area contributed by atoms with E-state index < -0.39 is 6.61 Å². The molecule has 0 amide bonds. The van der Waals surface area contributed by atoms with Crippen molar-refractivity contribution in [2.24, 2.45) is 0 Å². The van der Waals surface area contributed by atoms with Gasteiger partial charge in [0.05, 0.1) is 4.47 Å². The van der Waals surface area contributed by atoms with E-state index in [0.29, 0.717) is 4.47 Å². The van der Waals surface area contributed by atoms with Crippen molar-refractivity contribution in [3.63, 3.8) is 0 Å². The lowest BCUT2D eigenvalue weighted by atomic mass is 10.0. The molecule has 4 heteroatoms. The maximum Gasteiger partial charge on any atom is 0.387 e. The molecule has 0 saturated heterocycles. The third-order valence-electron chi connectivity index (χ3n) is 1.74. The van der Waals surface area contributed by atoms with Crippen molar-refractivity contribution in [3.05, 3.63) is 35.2 Å². The van der Waals surface area contributed by atoms with E-state index in [1.165, 1.54) is 6.07 Å². The number of alkyl halides is 2. The smallest absolute Gasteiger partial charge is 0.387 e. The first-order chi connectivity index (χ1) is 6.52. The van der Waals surface area contributed by atoms with E-state index in [1.807, 2.05) is 13.0 Å². The molecule has 0 aromatic heterocycles. The molecule has 1 nitrogen and oxygen atoms in total. The van der Waals surface area contributed by atoms with Gasteiger partial charge < -0.3 is 4.74 Å². The molecule has 1 aromatic rings. The van der Waals surface area contributed by atoms with Gasteiger partial charge in [0.15, 0.2) is 0 Å². The monoisotopic (exact) mass is 263 g/mol. The second kappa shape index (κ2) is 4.73. The molecule has 1 unspecified atom stereocenters. The largest absolute Gasteiger partial charge is 0.434 e. The standard InChI is InChI=1S/C10H10BrF2O/c1-6(2)7-4-3-5-8(9(7)11)14-10(12)13/h3-6,10H,1H2,2H3. The molecule has 0 spiro atoms. The predicted molar refractivity (Wildman–Crippen MR) is 54.5 cm³/mol. The Morgan fingerprint density at radius 2 is 2.07 bits per heavy atom. The number of ether oxygens (including phenoxy) is 1. The first-order valence-corrected chi connectivity index (χ1v) is 4.88. The summed E-state index contributed by atoms with van der Waals surface area (Å²) in [7, 11) is 0. The van der Waals surface area contributed by atoms with Gasteiger partial charge in [-0.1, -0.05) is 19.1 Å². The van der Waals surface area contributed by atoms with Gasteiger partial charge in [-0.25, -0.2) is 0 Å². The average Bonchev–Trinajstić information content (AvgIpc) is 2.07. The van der Waals surface area contributed by atoms with Crippen LogP contribution in [0.25, 0.3) is 0 Å². The van der Waals surface area contributed by atoms with Crippen molar-refractivity contribution >= 4 is 15.9 Å². The van der Waals surface area contributed by atoms with Crippen molar-refractivity contribution in [1.82, 2.24) is 0 Å². The maximum absolute atomic E-state index is 12.0. The molecular weight excluding hydrogens is 254 g/mol. The Kier molecular flexibility index (Phi) is 3.86. The van der Waals surface area contributed by atoms with Gasteiger partial charge in [-0.3, -0.25) is 0 Å². The highest BCUT2D eigenvalue weighted by Crippen LogP contribution is 2.33. The molecule has 0 heterocycles. The fraction of sp³-hybridized carbons (Fsp3) is 0.300. The zero-order valence-corrected chi connectivity index (χ0v) is 9.22. The lowest BCUT2D eigenvalue weighted by molar-refractivity contribution is -0.0504. The summed E-state index contributed by atoms with van der Waals surface area (Å²) in [5.41, 5.74) is 0.850. The van der Waals surface area contributed by atoms with Crippen molar-refractivity contribution in [1.29, 1.82) is 0 Å². The molecule has 0 fully saturated rings. The molecular formula is C10H10BrF2O. The second-order valence-electron chi connectivity index (χ2n) is 2.94. The zero-order valence-electron chi connectivity index (χ0n) is 7.64. The molecule has 1 rings (SSSR count). The molecule has 0 saturated carbocycles. The van der Waals surface area contributed by atoms with E-state index >= 15 is 0 Å². The SMILES string of the molecule is [CH2]C(C)c1cccc(OC(F)F)c1Br. The molecule has 0 aliphatic carbocycles. The summed E-state index contributed by atoms with van der Waals surface area (Å²) in [5.74, 6) is 0.165. The number of hydrogen-bond acceptors (Lipinski definition) is 1. The lowest BCUT2D eigenvalue weighted by Crippen LogP contribution is -2.03. The third kappa shape index (κ3) is 2.67. The van der Waals surface area contributed by atoms with Crippen LogP contribution in [0.3, 0.4) is 0 Å². The summed E-state index contributed by atoms with van der Waals surface area (Å²) < 4.78 is 28.8. The van der Waals surface area contributed by atoms with Crippen molar-refractivity contribution in [3.8, 4) is 5.75 Å². The van der Waals surface area contributed by atoms with Crippen LogP contribution in [0.1, 0.15) is 18.4 Å². The highest BCUT2D eigenvalue weighted by molar-refractivity contribution is 9.10. The van der Waals surface area contributed by atoms with E-state index in [1.54, 1.807) is 6.07 Å². The third-order valence-corrected chi connectivity index (χ3v) is 2.59. The Morgan fingerprint density at radius 1 is 1.43 bits per heavy atom. The summed E-state index contributed by atoms with van der Waals surface area (Å²) in [6, 6.07) is 4.97. The van der Waals surface area contributed by atoms with Crippen LogP contribution in [-0.2, 0) is 0 Å². The Labute approximate surface area is 90.2 Å². The van der Waals surface area contributed by atoms with Gasteiger partial charge in [-0.2, -0.15) is 8.78 Å². The second-order valence-corrected chi connectivity index (χ2v) is 3.73. The van der Waals surface area contributed by atoms with Crippen molar-refractivity contribution in [2.45, 2.75) is 19.5 Å². The quantitative estimate of drug-likeness (QED) is 0.802. The van der Waals surface area contributed by atoms with Crippen LogP contribution >= 0.6 is 15.9 Å². The Hall–Kier alpha value is -0.640. The molecule has 0 N–H and O–H groups in total. The fourth-order valence-corrected chi connectivity index (χ4v) is 1.84. The van der Waals surface area contributed by atoms with E-state index in [9.17, 15) is 8.78 Å². The van der Waals surface area contributed by atoms with Gasteiger partial charge in [0.2, 0.25) is 0 Å². The normalized spacial score (nSPS) is 11.1. The number of rotatable bonds is 3. The highest BCUT2D eigenvalue weighted by atomic mass is 79.9. The lowest BCUT2D eigenvalue weighted by Gasteiger charge is -2.12. The Balaban J connectivity index is 3.01. The number of halogens is 3. The summed E-state index contributed by atoms with van der Waals surface area (Å²) >= 11 is 3.21. The molecule has 0 bridgehead atoms. The topological polar surface area (TPSA) is 9.23 Å². The van der Waals surface area contributed by atoms with Crippen LogP contribution in [0.2, 0.25) is 0 Å². The van der Waals surface area contributed by atoms with Crippen LogP contribution < -0.4 is 4.74 Å². The summed E-state index contributed by atoms with van der Waals surface area (Å²) in [6.45, 7) is 2.89. The van der Waals surface area contributed by atoms with Gasteiger partial charge in [-0.05, 0) is 40.4 Å². The minimum Gasteiger partial charge on any atom is -0.434 e. The van der Waals surface area contributed by atoms with Crippen LogP contribution in [0.15, 0.2) is 22.7 Å². The molecule has 14 heavy (non-hydrogen) atoms. The van der Waals surface area contributed by atoms with Gasteiger partial charge in [0.25, 0.3) is 0 Å². The summed E-state index contributed by atoms with van der Waals surface area (Å²) in [6.07, 6.45) is 0. The van der Waals surface area contributed by atoms with Gasteiger partial charge in [0.1, 0.15) is 5.75 Å². The van der Waals surface area contributed by atoms with E-state index in [-0.39, 0.29) is 11.7 Å². The van der Waals surface area contributed by atoms with Crippen molar-refractivity contribution in [2.75, 3.05) is 0 Å². The van der Waals surface area contributed by atoms with Gasteiger partial charge in [0, 0.05) is 0 Å². The van der Waals surface area contributed by atoms with Crippen LogP contribution in [0.4, 0.5) is 8.78 Å².